The van der Waals surface area contributed by atoms with Gasteiger partial charge in [0, 0.05) is 12.1 Å². The Hall–Kier alpha value is -1.46. The molecule has 2 rings (SSSR count). The van der Waals surface area contributed by atoms with Gasteiger partial charge in [0.25, 0.3) is 0 Å². The molecule has 0 saturated carbocycles. The van der Waals surface area contributed by atoms with Gasteiger partial charge in [-0.25, -0.2) is 0 Å². The van der Waals surface area contributed by atoms with Gasteiger partial charge in [0.1, 0.15) is 0 Å². The summed E-state index contributed by atoms with van der Waals surface area (Å²) in [5.41, 5.74) is 6.08. The summed E-state index contributed by atoms with van der Waals surface area (Å²) >= 11 is 0. The van der Waals surface area contributed by atoms with E-state index in [-0.39, 0.29) is 30.6 Å². The molecule has 1 aromatic carbocycles. The van der Waals surface area contributed by atoms with Gasteiger partial charge >= 0.3 is 0 Å². The largest absolute Gasteiger partial charge is 0.454 e. The van der Waals surface area contributed by atoms with Crippen molar-refractivity contribution in [1.29, 1.82) is 0 Å². The molecule has 3 N–H and O–H groups in total. The van der Waals surface area contributed by atoms with E-state index < -0.39 is 0 Å². The Kier molecular flexibility index (Phi) is 5.03. The fourth-order valence-electron chi connectivity index (χ4n) is 1.71. The van der Waals surface area contributed by atoms with E-state index in [4.69, 9.17) is 15.2 Å². The Bertz CT molecular complexity index is 463. The number of carbonyl (C=O) groups excluding carboxylic acids is 1. The predicted octanol–water partition coefficient (Wildman–Crippen LogP) is 1.23. The molecule has 0 saturated heterocycles. The zero-order valence-electron chi connectivity index (χ0n) is 11.1. The molecule has 0 spiro atoms. The van der Waals surface area contributed by atoms with Crippen LogP contribution in [0.3, 0.4) is 0 Å². The fourth-order valence-corrected chi connectivity index (χ4v) is 1.71. The summed E-state index contributed by atoms with van der Waals surface area (Å²) in [6, 6.07) is 5.51. The molecule has 19 heavy (non-hydrogen) atoms. The minimum Gasteiger partial charge on any atom is -0.454 e. The molecule has 0 unspecified atom stereocenters. The lowest BCUT2D eigenvalue weighted by atomic mass is 10.0. The minimum atomic E-state index is -0.382. The summed E-state index contributed by atoms with van der Waals surface area (Å²) in [5, 5.41) is 2.89. The van der Waals surface area contributed by atoms with E-state index in [1.807, 2.05) is 32.0 Å². The van der Waals surface area contributed by atoms with Crippen molar-refractivity contribution >= 4 is 18.3 Å². The molecule has 1 aromatic rings. The Labute approximate surface area is 118 Å². The molecule has 1 amide bonds. The average molecular weight is 287 g/mol. The number of halogens is 1. The number of rotatable bonds is 4. The molecule has 0 aliphatic carbocycles. The first-order valence-corrected chi connectivity index (χ1v) is 5.90. The van der Waals surface area contributed by atoms with Gasteiger partial charge in [-0.05, 0) is 31.5 Å². The van der Waals surface area contributed by atoms with Crippen molar-refractivity contribution in [2.24, 2.45) is 5.73 Å². The third kappa shape index (κ3) is 4.01. The van der Waals surface area contributed by atoms with E-state index in [1.54, 1.807) is 0 Å². The normalized spacial score (nSPS) is 12.8. The van der Waals surface area contributed by atoms with E-state index in [9.17, 15) is 4.79 Å². The van der Waals surface area contributed by atoms with Crippen molar-refractivity contribution in [2.45, 2.75) is 25.8 Å². The van der Waals surface area contributed by atoms with E-state index in [1.165, 1.54) is 0 Å². The third-order valence-electron chi connectivity index (χ3n) is 2.79. The quantitative estimate of drug-likeness (QED) is 0.873. The molecule has 0 fully saturated rings. The van der Waals surface area contributed by atoms with Crippen molar-refractivity contribution in [3.8, 4) is 11.5 Å². The molecule has 0 aromatic heterocycles. The number of carbonyl (C=O) groups is 1. The van der Waals surface area contributed by atoms with E-state index in [0.29, 0.717) is 18.7 Å². The van der Waals surface area contributed by atoms with Crippen LogP contribution in [0.5, 0.6) is 11.5 Å². The molecule has 5 nitrogen and oxygen atoms in total. The van der Waals surface area contributed by atoms with Crippen LogP contribution in [-0.4, -0.2) is 24.8 Å². The second-order valence-corrected chi connectivity index (χ2v) is 5.00. The van der Waals surface area contributed by atoms with Crippen LogP contribution in [0.2, 0.25) is 0 Å². The zero-order valence-corrected chi connectivity index (χ0v) is 11.9. The highest BCUT2D eigenvalue weighted by atomic mass is 35.5. The lowest BCUT2D eigenvalue weighted by Crippen LogP contribution is -2.49. The molecule has 1 aliphatic heterocycles. The molecule has 6 heteroatoms. The summed E-state index contributed by atoms with van der Waals surface area (Å²) < 4.78 is 10.5. The highest BCUT2D eigenvalue weighted by Crippen LogP contribution is 2.32. The lowest BCUT2D eigenvalue weighted by Gasteiger charge is -2.24. The Morgan fingerprint density at radius 2 is 2.05 bits per heavy atom. The van der Waals surface area contributed by atoms with Gasteiger partial charge in [-0.3, -0.25) is 4.79 Å². The number of fused-ring (bicyclic) bond motifs is 1. The van der Waals surface area contributed by atoms with Gasteiger partial charge in [-0.2, -0.15) is 0 Å². The standard InChI is InChI=1S/C13H18N2O3.ClH/c1-13(2,7-14)15-12(16)6-9-3-4-10-11(5-9)18-8-17-10;/h3-5H,6-8,14H2,1-2H3,(H,15,16);1H. The van der Waals surface area contributed by atoms with E-state index >= 15 is 0 Å². The molecule has 1 aliphatic rings. The van der Waals surface area contributed by atoms with Gasteiger partial charge in [-0.15, -0.1) is 12.4 Å². The minimum absolute atomic E-state index is 0. The number of benzene rings is 1. The summed E-state index contributed by atoms with van der Waals surface area (Å²) in [6.45, 7) is 4.43. The van der Waals surface area contributed by atoms with Gasteiger partial charge in [-0.1, -0.05) is 6.07 Å². The number of hydrogen-bond donors (Lipinski definition) is 2. The van der Waals surface area contributed by atoms with Gasteiger partial charge in [0.05, 0.1) is 6.42 Å². The predicted molar refractivity (Wildman–Crippen MR) is 74.8 cm³/mol. The van der Waals surface area contributed by atoms with Crippen LogP contribution in [0.25, 0.3) is 0 Å². The molecular weight excluding hydrogens is 268 g/mol. The maximum absolute atomic E-state index is 11.8. The first kappa shape index (κ1) is 15.6. The van der Waals surface area contributed by atoms with Crippen molar-refractivity contribution in [3.63, 3.8) is 0 Å². The smallest absolute Gasteiger partial charge is 0.231 e. The van der Waals surface area contributed by atoms with E-state index in [0.717, 1.165) is 11.3 Å². The second-order valence-electron chi connectivity index (χ2n) is 5.00. The maximum atomic E-state index is 11.8. The van der Waals surface area contributed by atoms with Crippen LogP contribution in [0.1, 0.15) is 19.4 Å². The Morgan fingerprint density at radius 3 is 2.74 bits per heavy atom. The summed E-state index contributed by atoms with van der Waals surface area (Å²) in [5.74, 6) is 1.36. The molecule has 0 atom stereocenters. The first-order chi connectivity index (χ1) is 8.50. The van der Waals surface area contributed by atoms with Crippen LogP contribution < -0.4 is 20.5 Å². The monoisotopic (exact) mass is 286 g/mol. The maximum Gasteiger partial charge on any atom is 0.231 e. The molecule has 0 radical (unpaired) electrons. The molecule has 0 bridgehead atoms. The van der Waals surface area contributed by atoms with Crippen LogP contribution in [0.4, 0.5) is 0 Å². The number of nitrogens with two attached hydrogens (primary N) is 1. The summed E-state index contributed by atoms with van der Waals surface area (Å²) in [7, 11) is 0. The van der Waals surface area contributed by atoms with Gasteiger partial charge in [0.15, 0.2) is 11.5 Å². The summed E-state index contributed by atoms with van der Waals surface area (Å²) in [4.78, 5) is 11.8. The molecular formula is C13H19ClN2O3. The highest BCUT2D eigenvalue weighted by molar-refractivity contribution is 5.85. The van der Waals surface area contributed by atoms with Gasteiger partial charge < -0.3 is 20.5 Å². The third-order valence-corrected chi connectivity index (χ3v) is 2.79. The number of ether oxygens (including phenoxy) is 2. The van der Waals surface area contributed by atoms with Crippen LogP contribution in [0.15, 0.2) is 18.2 Å². The van der Waals surface area contributed by atoms with Crippen LogP contribution >= 0.6 is 12.4 Å². The Morgan fingerprint density at radius 1 is 1.37 bits per heavy atom. The highest BCUT2D eigenvalue weighted by Gasteiger charge is 2.19. The van der Waals surface area contributed by atoms with Crippen LogP contribution in [0, 0.1) is 0 Å². The lowest BCUT2D eigenvalue weighted by molar-refractivity contribution is -0.121. The van der Waals surface area contributed by atoms with Crippen molar-refractivity contribution in [2.75, 3.05) is 13.3 Å². The molecule has 106 valence electrons. The fraction of sp³-hybridized carbons (Fsp3) is 0.462. The summed E-state index contributed by atoms with van der Waals surface area (Å²) in [6.07, 6.45) is 0.306. The number of amides is 1. The number of hydrogen-bond acceptors (Lipinski definition) is 4. The first-order valence-electron chi connectivity index (χ1n) is 5.90. The van der Waals surface area contributed by atoms with Crippen molar-refractivity contribution < 1.29 is 14.3 Å². The molecule has 1 heterocycles. The number of nitrogens with one attached hydrogen (secondary N) is 1. The second kappa shape index (κ2) is 6.12. The van der Waals surface area contributed by atoms with E-state index in [2.05, 4.69) is 5.32 Å². The average Bonchev–Trinajstić information content (AvgIpc) is 2.75. The van der Waals surface area contributed by atoms with Crippen molar-refractivity contribution in [3.05, 3.63) is 23.8 Å². The van der Waals surface area contributed by atoms with Gasteiger partial charge in [0.2, 0.25) is 12.7 Å². The van der Waals surface area contributed by atoms with Crippen LogP contribution in [-0.2, 0) is 11.2 Å². The topological polar surface area (TPSA) is 73.6 Å². The Balaban J connectivity index is 0.00000180. The van der Waals surface area contributed by atoms with Crippen molar-refractivity contribution in [1.82, 2.24) is 5.32 Å². The zero-order chi connectivity index (χ0) is 13.2. The SMILES string of the molecule is CC(C)(CN)NC(=O)Cc1ccc2c(c1)OCO2.Cl.